The van der Waals surface area contributed by atoms with Crippen molar-refractivity contribution in [3.05, 3.63) is 120 Å². The van der Waals surface area contributed by atoms with Crippen LogP contribution in [-0.4, -0.2) is 24.0 Å². The third-order valence-electron chi connectivity index (χ3n) is 7.11. The molecule has 0 aliphatic rings. The maximum Gasteiger partial charge on any atom is 0.303 e. The van der Waals surface area contributed by atoms with Crippen LogP contribution in [0.15, 0.2) is 103 Å². The SMILES string of the molecule is O=Cc1ccc(/C=C/c2ccc(N(c3ccccc3)c3ccccc3)cc2)cc1OCCCCCCCCCC(=O)O. The summed E-state index contributed by atoms with van der Waals surface area (Å²) >= 11 is 0. The van der Waals surface area contributed by atoms with Crippen LogP contribution < -0.4 is 9.64 Å². The predicted octanol–water partition coefficient (Wildman–Crippen LogP) is 9.72. The highest BCUT2D eigenvalue weighted by molar-refractivity contribution is 5.82. The van der Waals surface area contributed by atoms with E-state index in [-0.39, 0.29) is 6.42 Å². The Morgan fingerprint density at radius 2 is 1.17 bits per heavy atom. The normalized spacial score (nSPS) is 11.0. The molecule has 0 aromatic heterocycles. The first-order valence-corrected chi connectivity index (χ1v) is 14.8. The van der Waals surface area contributed by atoms with Gasteiger partial charge in [0.2, 0.25) is 0 Å². The van der Waals surface area contributed by atoms with E-state index in [0.29, 0.717) is 17.9 Å². The second kappa shape index (κ2) is 16.6. The minimum absolute atomic E-state index is 0.260. The van der Waals surface area contributed by atoms with E-state index in [1.807, 2.05) is 54.6 Å². The first-order valence-electron chi connectivity index (χ1n) is 14.8. The van der Waals surface area contributed by atoms with Crippen LogP contribution >= 0.6 is 0 Å². The van der Waals surface area contributed by atoms with Crippen molar-refractivity contribution in [2.24, 2.45) is 0 Å². The predicted molar refractivity (Wildman–Crippen MR) is 172 cm³/mol. The molecule has 0 amide bonds. The van der Waals surface area contributed by atoms with E-state index in [2.05, 4.69) is 59.5 Å². The Labute approximate surface area is 249 Å². The van der Waals surface area contributed by atoms with Gasteiger partial charge in [0.1, 0.15) is 5.75 Å². The van der Waals surface area contributed by atoms with Crippen LogP contribution in [0.3, 0.4) is 0 Å². The number of ether oxygens (including phenoxy) is 1. The molecular formula is C37H39NO4. The van der Waals surface area contributed by atoms with Gasteiger partial charge < -0.3 is 14.7 Å². The van der Waals surface area contributed by atoms with Crippen molar-refractivity contribution in [1.29, 1.82) is 0 Å². The lowest BCUT2D eigenvalue weighted by atomic mass is 10.1. The highest BCUT2D eigenvalue weighted by atomic mass is 16.5. The third-order valence-corrected chi connectivity index (χ3v) is 7.11. The van der Waals surface area contributed by atoms with Crippen LogP contribution in [0.1, 0.15) is 72.9 Å². The summed E-state index contributed by atoms with van der Waals surface area (Å²) in [5, 5.41) is 8.70. The maximum atomic E-state index is 11.6. The Bertz CT molecular complexity index is 1380. The van der Waals surface area contributed by atoms with Crippen molar-refractivity contribution in [3.8, 4) is 5.75 Å². The molecule has 0 spiro atoms. The summed E-state index contributed by atoms with van der Waals surface area (Å²) in [4.78, 5) is 24.4. The highest BCUT2D eigenvalue weighted by Crippen LogP contribution is 2.34. The number of hydrogen-bond donors (Lipinski definition) is 1. The minimum atomic E-state index is -0.717. The van der Waals surface area contributed by atoms with Gasteiger partial charge in [-0.3, -0.25) is 9.59 Å². The number of carbonyl (C=O) groups is 2. The molecule has 0 aliphatic carbocycles. The number of benzene rings is 4. The Morgan fingerprint density at radius 1 is 0.643 bits per heavy atom. The minimum Gasteiger partial charge on any atom is -0.493 e. The summed E-state index contributed by atoms with van der Waals surface area (Å²) in [6, 6.07) is 34.8. The second-order valence-corrected chi connectivity index (χ2v) is 10.3. The number of carboxylic acid groups (broad SMARTS) is 1. The summed E-state index contributed by atoms with van der Waals surface area (Å²) in [5.41, 5.74) is 5.87. The van der Waals surface area contributed by atoms with Crippen LogP contribution in [0.5, 0.6) is 5.75 Å². The summed E-state index contributed by atoms with van der Waals surface area (Å²) in [5.74, 6) is -0.109. The largest absolute Gasteiger partial charge is 0.493 e. The zero-order valence-electron chi connectivity index (χ0n) is 24.0. The van der Waals surface area contributed by atoms with Gasteiger partial charge in [-0.1, -0.05) is 98.9 Å². The fraction of sp³-hybridized carbons (Fsp3) is 0.243. The number of para-hydroxylation sites is 2. The Kier molecular flexibility index (Phi) is 12.0. The maximum absolute atomic E-state index is 11.6. The number of nitrogens with zero attached hydrogens (tertiary/aromatic N) is 1. The number of rotatable bonds is 17. The van der Waals surface area contributed by atoms with E-state index in [0.717, 1.165) is 79.4 Å². The molecule has 0 radical (unpaired) electrons. The van der Waals surface area contributed by atoms with Crippen LogP contribution in [0.2, 0.25) is 0 Å². The van der Waals surface area contributed by atoms with Gasteiger partial charge in [0.05, 0.1) is 12.2 Å². The average molecular weight is 562 g/mol. The number of unbranched alkanes of at least 4 members (excludes halogenated alkanes) is 6. The summed E-state index contributed by atoms with van der Waals surface area (Å²) in [6.45, 7) is 0.563. The van der Waals surface area contributed by atoms with Crippen molar-refractivity contribution in [1.82, 2.24) is 0 Å². The fourth-order valence-corrected chi connectivity index (χ4v) is 4.85. The van der Waals surface area contributed by atoms with Crippen molar-refractivity contribution in [3.63, 3.8) is 0 Å². The van der Waals surface area contributed by atoms with Crippen molar-refractivity contribution in [2.45, 2.75) is 51.4 Å². The molecule has 216 valence electrons. The van der Waals surface area contributed by atoms with Gasteiger partial charge in [-0.2, -0.15) is 0 Å². The van der Waals surface area contributed by atoms with Gasteiger partial charge in [-0.05, 0) is 72.5 Å². The van der Waals surface area contributed by atoms with Crippen LogP contribution in [0.4, 0.5) is 17.1 Å². The molecule has 0 saturated carbocycles. The van der Waals surface area contributed by atoms with Gasteiger partial charge in [0, 0.05) is 23.5 Å². The quantitative estimate of drug-likeness (QED) is 0.0789. The molecule has 4 aromatic rings. The number of anilines is 3. The number of aldehydes is 1. The van der Waals surface area contributed by atoms with E-state index >= 15 is 0 Å². The van der Waals surface area contributed by atoms with Crippen LogP contribution in [-0.2, 0) is 4.79 Å². The molecular weight excluding hydrogens is 522 g/mol. The second-order valence-electron chi connectivity index (χ2n) is 10.3. The zero-order chi connectivity index (χ0) is 29.4. The van der Waals surface area contributed by atoms with Crippen LogP contribution in [0.25, 0.3) is 12.2 Å². The highest BCUT2D eigenvalue weighted by Gasteiger charge is 2.11. The molecule has 4 rings (SSSR count). The van der Waals surface area contributed by atoms with Crippen molar-refractivity contribution < 1.29 is 19.4 Å². The topological polar surface area (TPSA) is 66.8 Å². The van der Waals surface area contributed by atoms with E-state index < -0.39 is 5.97 Å². The first-order chi connectivity index (χ1) is 20.6. The third kappa shape index (κ3) is 9.48. The summed E-state index contributed by atoms with van der Waals surface area (Å²) in [7, 11) is 0. The number of aliphatic carboxylic acids is 1. The molecule has 0 saturated heterocycles. The number of carboxylic acids is 1. The summed E-state index contributed by atoms with van der Waals surface area (Å²) < 4.78 is 5.98. The molecule has 5 heteroatoms. The van der Waals surface area contributed by atoms with Crippen molar-refractivity contribution in [2.75, 3.05) is 11.5 Å². The van der Waals surface area contributed by atoms with Crippen molar-refractivity contribution >= 4 is 41.5 Å². The number of hydrogen-bond acceptors (Lipinski definition) is 4. The average Bonchev–Trinajstić information content (AvgIpc) is 3.02. The standard InChI is InChI=1S/C37H39NO4/c39-29-32-24-21-31(28-36(32)42-27-13-5-3-1-2-4-12-18-37(40)41)20-19-30-22-25-35(26-23-30)38(33-14-8-6-9-15-33)34-16-10-7-11-17-34/h6-11,14-17,19-26,28-29H,1-5,12-13,18,27H2,(H,40,41)/b20-19+. The Balaban J connectivity index is 1.32. The van der Waals surface area contributed by atoms with Gasteiger partial charge in [-0.25, -0.2) is 0 Å². The van der Waals surface area contributed by atoms with E-state index in [1.165, 1.54) is 0 Å². The molecule has 1 N–H and O–H groups in total. The molecule has 0 unspecified atom stereocenters. The fourth-order valence-electron chi connectivity index (χ4n) is 4.85. The molecule has 0 fully saturated rings. The summed E-state index contributed by atoms with van der Waals surface area (Å²) in [6.07, 6.45) is 12.2. The first kappa shape index (κ1) is 30.3. The monoisotopic (exact) mass is 561 g/mol. The lowest BCUT2D eigenvalue weighted by molar-refractivity contribution is -0.137. The molecule has 0 aliphatic heterocycles. The zero-order valence-corrected chi connectivity index (χ0v) is 24.0. The number of carbonyl (C=O) groups excluding carboxylic acids is 1. The molecule has 0 atom stereocenters. The van der Waals surface area contributed by atoms with Gasteiger partial charge in [-0.15, -0.1) is 0 Å². The van der Waals surface area contributed by atoms with E-state index in [4.69, 9.17) is 9.84 Å². The lowest BCUT2D eigenvalue weighted by Gasteiger charge is -2.25. The molecule has 0 heterocycles. The smallest absolute Gasteiger partial charge is 0.303 e. The molecule has 0 bridgehead atoms. The molecule has 5 nitrogen and oxygen atoms in total. The van der Waals surface area contributed by atoms with Gasteiger partial charge >= 0.3 is 5.97 Å². The Hall–Kier alpha value is -4.64. The molecule has 42 heavy (non-hydrogen) atoms. The lowest BCUT2D eigenvalue weighted by Crippen LogP contribution is -2.09. The molecule has 4 aromatic carbocycles. The van der Waals surface area contributed by atoms with E-state index in [9.17, 15) is 9.59 Å². The van der Waals surface area contributed by atoms with E-state index in [1.54, 1.807) is 6.07 Å². The van der Waals surface area contributed by atoms with Crippen LogP contribution in [0, 0.1) is 0 Å². The van der Waals surface area contributed by atoms with Gasteiger partial charge in [0.25, 0.3) is 0 Å². The van der Waals surface area contributed by atoms with Gasteiger partial charge in [0.15, 0.2) is 6.29 Å². The Morgan fingerprint density at radius 3 is 1.76 bits per heavy atom.